The van der Waals surface area contributed by atoms with Gasteiger partial charge in [0.25, 0.3) is 5.56 Å². The fourth-order valence-electron chi connectivity index (χ4n) is 3.97. The molecule has 1 N–H and O–H groups in total. The standard InChI is InChI=1S/C22H26N4O2/c1-16-6-5-9-20-18(16)10-12-25(20)13-11-23-21(27)15-26-22(28)14-17-7-3-2-4-8-19(17)24-26/h5-6,9-10,12,14H,2-4,7-8,11,13,15H2,1H3,(H,23,27). The van der Waals surface area contributed by atoms with Crippen molar-refractivity contribution in [3.8, 4) is 0 Å². The Labute approximate surface area is 164 Å². The molecule has 0 radical (unpaired) electrons. The number of hydrogen-bond donors (Lipinski definition) is 1. The summed E-state index contributed by atoms with van der Waals surface area (Å²) in [5.74, 6) is -0.184. The molecule has 1 aliphatic rings. The maximum atomic E-state index is 12.3. The SMILES string of the molecule is Cc1cccc2c1ccn2CCNC(=O)Cn1nc2c(cc1=O)CCCCC2. The molecule has 0 aliphatic heterocycles. The van der Waals surface area contributed by atoms with Crippen LogP contribution in [0.15, 0.2) is 41.3 Å². The molecule has 0 atom stereocenters. The van der Waals surface area contributed by atoms with Crippen LogP contribution in [0.4, 0.5) is 0 Å². The Morgan fingerprint density at radius 3 is 2.93 bits per heavy atom. The average molecular weight is 378 g/mol. The van der Waals surface area contributed by atoms with E-state index in [0.717, 1.165) is 42.5 Å². The molecule has 0 spiro atoms. The Balaban J connectivity index is 1.37. The molecule has 3 aromatic rings. The van der Waals surface area contributed by atoms with Crippen LogP contribution in [0.1, 0.15) is 36.1 Å². The molecule has 0 saturated heterocycles. The second-order valence-electron chi connectivity index (χ2n) is 7.54. The fraction of sp³-hybridized carbons (Fsp3) is 0.409. The zero-order valence-electron chi connectivity index (χ0n) is 16.3. The number of rotatable bonds is 5. The van der Waals surface area contributed by atoms with Gasteiger partial charge in [-0.05, 0) is 55.9 Å². The number of fused-ring (bicyclic) bond motifs is 2. The molecule has 0 unspecified atom stereocenters. The number of hydrogen-bond acceptors (Lipinski definition) is 3. The molecule has 1 aliphatic carbocycles. The van der Waals surface area contributed by atoms with Crippen LogP contribution in [0.3, 0.4) is 0 Å². The number of nitrogens with zero attached hydrogens (tertiary/aromatic N) is 3. The second-order valence-corrected chi connectivity index (χ2v) is 7.54. The number of amides is 1. The Kier molecular flexibility index (Phi) is 5.28. The molecule has 1 amide bonds. The average Bonchev–Trinajstić information content (AvgIpc) is 2.95. The lowest BCUT2D eigenvalue weighted by Gasteiger charge is -2.11. The van der Waals surface area contributed by atoms with Gasteiger partial charge < -0.3 is 9.88 Å². The summed E-state index contributed by atoms with van der Waals surface area (Å²) >= 11 is 0. The lowest BCUT2D eigenvalue weighted by molar-refractivity contribution is -0.121. The predicted octanol–water partition coefficient (Wildman–Crippen LogP) is 2.59. The molecule has 2 aromatic heterocycles. The van der Waals surface area contributed by atoms with Gasteiger partial charge in [-0.1, -0.05) is 18.6 Å². The van der Waals surface area contributed by atoms with Gasteiger partial charge in [-0.25, -0.2) is 4.68 Å². The molecular weight excluding hydrogens is 352 g/mol. The van der Waals surface area contributed by atoms with Gasteiger partial charge >= 0.3 is 0 Å². The van der Waals surface area contributed by atoms with Crippen molar-refractivity contribution in [1.29, 1.82) is 0 Å². The van der Waals surface area contributed by atoms with Crippen LogP contribution in [0, 0.1) is 6.92 Å². The van der Waals surface area contributed by atoms with Gasteiger partial charge in [-0.15, -0.1) is 0 Å². The first-order chi connectivity index (χ1) is 13.6. The van der Waals surface area contributed by atoms with E-state index >= 15 is 0 Å². The van der Waals surface area contributed by atoms with Gasteiger partial charge in [0.05, 0.1) is 5.69 Å². The number of aromatic nitrogens is 3. The van der Waals surface area contributed by atoms with Crippen LogP contribution < -0.4 is 10.9 Å². The first-order valence-electron chi connectivity index (χ1n) is 10.0. The zero-order valence-corrected chi connectivity index (χ0v) is 16.3. The maximum Gasteiger partial charge on any atom is 0.267 e. The molecule has 4 rings (SSSR count). The van der Waals surface area contributed by atoms with E-state index in [0.29, 0.717) is 13.1 Å². The third-order valence-corrected chi connectivity index (χ3v) is 5.52. The van der Waals surface area contributed by atoms with Crippen molar-refractivity contribution in [3.05, 3.63) is 63.7 Å². The van der Waals surface area contributed by atoms with Crippen molar-refractivity contribution < 1.29 is 4.79 Å². The summed E-state index contributed by atoms with van der Waals surface area (Å²) in [6, 6.07) is 9.99. The van der Waals surface area contributed by atoms with Crippen LogP contribution in [-0.4, -0.2) is 26.8 Å². The highest BCUT2D eigenvalue weighted by Crippen LogP contribution is 2.19. The summed E-state index contributed by atoms with van der Waals surface area (Å²) in [6.45, 7) is 3.26. The van der Waals surface area contributed by atoms with Crippen LogP contribution in [0.2, 0.25) is 0 Å². The van der Waals surface area contributed by atoms with Crippen molar-refractivity contribution >= 4 is 16.8 Å². The lowest BCUT2D eigenvalue weighted by Crippen LogP contribution is -2.35. The monoisotopic (exact) mass is 378 g/mol. The van der Waals surface area contributed by atoms with Gasteiger partial charge in [0.2, 0.25) is 5.91 Å². The van der Waals surface area contributed by atoms with Crippen LogP contribution in [-0.2, 0) is 30.7 Å². The number of nitrogens with one attached hydrogen (secondary N) is 1. The molecule has 0 saturated carbocycles. The maximum absolute atomic E-state index is 12.3. The molecule has 0 fully saturated rings. The van der Waals surface area contributed by atoms with Crippen LogP contribution in [0.5, 0.6) is 0 Å². The zero-order chi connectivity index (χ0) is 19.5. The number of carbonyl (C=O) groups excluding carboxylic acids is 1. The smallest absolute Gasteiger partial charge is 0.267 e. The summed E-state index contributed by atoms with van der Waals surface area (Å²) < 4.78 is 3.43. The fourth-order valence-corrected chi connectivity index (χ4v) is 3.97. The summed E-state index contributed by atoms with van der Waals surface area (Å²) in [5, 5.41) is 8.60. The Morgan fingerprint density at radius 1 is 1.18 bits per heavy atom. The summed E-state index contributed by atoms with van der Waals surface area (Å²) in [6.07, 6.45) is 7.20. The largest absolute Gasteiger partial charge is 0.353 e. The van der Waals surface area contributed by atoms with Gasteiger partial charge in [-0.3, -0.25) is 9.59 Å². The molecule has 6 nitrogen and oxygen atoms in total. The van der Waals surface area contributed by atoms with Crippen LogP contribution in [0.25, 0.3) is 10.9 Å². The molecular formula is C22H26N4O2. The Bertz CT molecular complexity index is 1060. The third-order valence-electron chi connectivity index (χ3n) is 5.52. The van der Waals surface area contributed by atoms with E-state index in [1.165, 1.54) is 22.1 Å². The number of carbonyl (C=O) groups is 1. The second kappa shape index (κ2) is 8.00. The number of aryl methyl sites for hydroxylation is 3. The van der Waals surface area contributed by atoms with Crippen molar-refractivity contribution in [2.45, 2.75) is 52.1 Å². The summed E-state index contributed by atoms with van der Waals surface area (Å²) in [5.41, 5.74) is 4.24. The third kappa shape index (κ3) is 3.86. The van der Waals surface area contributed by atoms with E-state index in [1.807, 2.05) is 12.3 Å². The van der Waals surface area contributed by atoms with Crippen molar-refractivity contribution in [3.63, 3.8) is 0 Å². The minimum Gasteiger partial charge on any atom is -0.353 e. The van der Waals surface area contributed by atoms with E-state index in [2.05, 4.69) is 40.1 Å². The Morgan fingerprint density at radius 2 is 2.04 bits per heavy atom. The first-order valence-corrected chi connectivity index (χ1v) is 10.0. The molecule has 2 heterocycles. The van der Waals surface area contributed by atoms with Gasteiger partial charge in [-0.2, -0.15) is 5.10 Å². The van der Waals surface area contributed by atoms with E-state index in [9.17, 15) is 9.59 Å². The quantitative estimate of drug-likeness (QED) is 0.694. The van der Waals surface area contributed by atoms with Gasteiger partial charge in [0, 0.05) is 36.3 Å². The van der Waals surface area contributed by atoms with E-state index in [1.54, 1.807) is 6.07 Å². The number of benzene rings is 1. The van der Waals surface area contributed by atoms with E-state index in [-0.39, 0.29) is 18.0 Å². The minimum absolute atomic E-state index is 0.0301. The van der Waals surface area contributed by atoms with Gasteiger partial charge in [0.1, 0.15) is 6.54 Å². The summed E-state index contributed by atoms with van der Waals surface area (Å²) in [7, 11) is 0. The Hall–Kier alpha value is -2.89. The molecule has 28 heavy (non-hydrogen) atoms. The molecule has 6 heteroatoms. The molecule has 0 bridgehead atoms. The molecule has 1 aromatic carbocycles. The normalized spacial score (nSPS) is 13.9. The van der Waals surface area contributed by atoms with Crippen molar-refractivity contribution in [2.24, 2.45) is 0 Å². The highest BCUT2D eigenvalue weighted by atomic mass is 16.2. The topological polar surface area (TPSA) is 68.9 Å². The lowest BCUT2D eigenvalue weighted by atomic mass is 10.1. The highest BCUT2D eigenvalue weighted by molar-refractivity contribution is 5.83. The van der Waals surface area contributed by atoms with E-state index < -0.39 is 0 Å². The van der Waals surface area contributed by atoms with Crippen LogP contribution >= 0.6 is 0 Å². The van der Waals surface area contributed by atoms with E-state index in [4.69, 9.17) is 0 Å². The minimum atomic E-state index is -0.192. The molecule has 146 valence electrons. The van der Waals surface area contributed by atoms with Crippen molar-refractivity contribution in [2.75, 3.05) is 6.54 Å². The highest BCUT2D eigenvalue weighted by Gasteiger charge is 2.14. The first kappa shape index (κ1) is 18.5. The predicted molar refractivity (Wildman–Crippen MR) is 109 cm³/mol. The van der Waals surface area contributed by atoms with Gasteiger partial charge in [0.15, 0.2) is 0 Å². The van der Waals surface area contributed by atoms with Crippen molar-refractivity contribution in [1.82, 2.24) is 19.7 Å². The summed E-state index contributed by atoms with van der Waals surface area (Å²) in [4.78, 5) is 24.6.